The maximum absolute atomic E-state index is 4.35. The van der Waals surface area contributed by atoms with Gasteiger partial charge in [-0.15, -0.1) is 5.10 Å². The molecule has 5 nitrogen and oxygen atoms in total. The fraction of sp³-hybridized carbons (Fsp3) is 0.364. The number of halogens is 1. The Morgan fingerprint density at radius 1 is 1.35 bits per heavy atom. The molecule has 1 N–H and O–H groups in total. The number of nitrogens with one attached hydrogen (secondary N) is 1. The van der Waals surface area contributed by atoms with Crippen molar-refractivity contribution in [2.45, 2.75) is 19.5 Å². The number of nitrogens with zero attached hydrogens (tertiary/aromatic N) is 4. The van der Waals surface area contributed by atoms with E-state index in [1.54, 1.807) is 6.20 Å². The molecule has 0 unspecified atom stereocenters. The second-order valence-electron chi connectivity index (χ2n) is 3.65. The van der Waals surface area contributed by atoms with E-state index in [0.29, 0.717) is 0 Å². The molecule has 0 atom stereocenters. The van der Waals surface area contributed by atoms with Crippen molar-refractivity contribution >= 4 is 15.9 Å². The first-order valence-electron chi connectivity index (χ1n) is 5.51. The zero-order valence-corrected chi connectivity index (χ0v) is 11.0. The van der Waals surface area contributed by atoms with Crippen LogP contribution in [0, 0.1) is 0 Å². The molecule has 0 saturated heterocycles. The highest BCUT2D eigenvalue weighted by molar-refractivity contribution is 9.10. The zero-order chi connectivity index (χ0) is 11.9. The van der Waals surface area contributed by atoms with Crippen molar-refractivity contribution < 1.29 is 0 Å². The number of aromatic nitrogens is 4. The first kappa shape index (κ1) is 12.2. The van der Waals surface area contributed by atoms with Gasteiger partial charge in [-0.3, -0.25) is 4.68 Å². The lowest BCUT2D eigenvalue weighted by Crippen LogP contribution is -2.17. The lowest BCUT2D eigenvalue weighted by molar-refractivity contribution is 0.528. The van der Waals surface area contributed by atoms with Gasteiger partial charge in [-0.25, -0.2) is 4.98 Å². The molecular weight excluding hydrogens is 282 g/mol. The van der Waals surface area contributed by atoms with Gasteiger partial charge in [0.1, 0.15) is 4.60 Å². The molecule has 0 bridgehead atoms. The van der Waals surface area contributed by atoms with Crippen molar-refractivity contribution in [2.24, 2.45) is 0 Å². The molecule has 0 fully saturated rings. The standard InChI is InChI=1S/C11H14BrN5/c12-11-4-1-3-10(15-11)9-13-5-2-7-17-8-6-14-16-17/h1,3-4,6,8,13H,2,5,7,9H2. The Kier molecular flexibility index (Phi) is 4.63. The first-order valence-corrected chi connectivity index (χ1v) is 6.30. The Hall–Kier alpha value is -1.27. The fourth-order valence-electron chi connectivity index (χ4n) is 1.48. The van der Waals surface area contributed by atoms with Crippen molar-refractivity contribution in [2.75, 3.05) is 6.54 Å². The van der Waals surface area contributed by atoms with E-state index in [1.165, 1.54) is 0 Å². The molecule has 0 aliphatic rings. The average molecular weight is 296 g/mol. The van der Waals surface area contributed by atoms with Crippen LogP contribution in [0.4, 0.5) is 0 Å². The van der Waals surface area contributed by atoms with Gasteiger partial charge in [0.05, 0.1) is 11.9 Å². The van der Waals surface area contributed by atoms with E-state index in [9.17, 15) is 0 Å². The summed E-state index contributed by atoms with van der Waals surface area (Å²) >= 11 is 3.35. The number of aryl methyl sites for hydroxylation is 1. The molecule has 6 heteroatoms. The van der Waals surface area contributed by atoms with Gasteiger partial charge in [0.25, 0.3) is 0 Å². The minimum absolute atomic E-state index is 0.788. The minimum atomic E-state index is 0.788. The Morgan fingerprint density at radius 2 is 2.29 bits per heavy atom. The Labute approximate surface area is 108 Å². The monoisotopic (exact) mass is 295 g/mol. The zero-order valence-electron chi connectivity index (χ0n) is 9.38. The van der Waals surface area contributed by atoms with E-state index >= 15 is 0 Å². The second-order valence-corrected chi connectivity index (χ2v) is 4.46. The molecule has 90 valence electrons. The van der Waals surface area contributed by atoms with Gasteiger partial charge in [-0.1, -0.05) is 11.3 Å². The topological polar surface area (TPSA) is 55.6 Å². The second kappa shape index (κ2) is 6.46. The number of hydrogen-bond donors (Lipinski definition) is 1. The minimum Gasteiger partial charge on any atom is -0.311 e. The Morgan fingerprint density at radius 3 is 3.06 bits per heavy atom. The first-order chi connectivity index (χ1) is 8.34. The van der Waals surface area contributed by atoms with Gasteiger partial charge in [0, 0.05) is 19.3 Å². The van der Waals surface area contributed by atoms with E-state index < -0.39 is 0 Å². The molecule has 2 aromatic rings. The third-order valence-electron chi connectivity index (χ3n) is 2.29. The van der Waals surface area contributed by atoms with Crippen LogP contribution in [0.25, 0.3) is 0 Å². The maximum atomic E-state index is 4.35. The van der Waals surface area contributed by atoms with Gasteiger partial charge in [0.15, 0.2) is 0 Å². The van der Waals surface area contributed by atoms with Gasteiger partial charge in [-0.2, -0.15) is 0 Å². The number of hydrogen-bond acceptors (Lipinski definition) is 4. The van der Waals surface area contributed by atoms with Crippen LogP contribution >= 0.6 is 15.9 Å². The molecule has 0 aliphatic heterocycles. The molecule has 2 heterocycles. The molecule has 2 aromatic heterocycles. The highest BCUT2D eigenvalue weighted by Crippen LogP contribution is 2.05. The summed E-state index contributed by atoms with van der Waals surface area (Å²) < 4.78 is 2.71. The Bertz CT molecular complexity index is 443. The van der Waals surface area contributed by atoms with Crippen molar-refractivity contribution in [3.05, 3.63) is 40.9 Å². The van der Waals surface area contributed by atoms with Crippen LogP contribution in [-0.2, 0) is 13.1 Å². The van der Waals surface area contributed by atoms with E-state index in [1.807, 2.05) is 29.1 Å². The summed E-state index contributed by atoms with van der Waals surface area (Å²) in [6.45, 7) is 2.61. The third-order valence-corrected chi connectivity index (χ3v) is 2.73. The van der Waals surface area contributed by atoms with Crippen LogP contribution in [-0.4, -0.2) is 26.5 Å². The largest absolute Gasteiger partial charge is 0.311 e. The maximum Gasteiger partial charge on any atom is 0.106 e. The lowest BCUT2D eigenvalue weighted by Gasteiger charge is -2.04. The average Bonchev–Trinajstić information content (AvgIpc) is 2.82. The summed E-state index contributed by atoms with van der Waals surface area (Å²) in [5, 5.41) is 11.0. The lowest BCUT2D eigenvalue weighted by atomic mass is 10.3. The molecule has 0 saturated carbocycles. The summed E-state index contributed by atoms with van der Waals surface area (Å²) in [6, 6.07) is 5.92. The van der Waals surface area contributed by atoms with Crippen LogP contribution in [0.5, 0.6) is 0 Å². The van der Waals surface area contributed by atoms with Gasteiger partial charge in [-0.05, 0) is 41.0 Å². The number of pyridine rings is 1. The third kappa shape index (κ3) is 4.24. The van der Waals surface area contributed by atoms with Crippen molar-refractivity contribution in [3.63, 3.8) is 0 Å². The highest BCUT2D eigenvalue weighted by atomic mass is 79.9. The number of rotatable bonds is 6. The van der Waals surface area contributed by atoms with E-state index in [2.05, 4.69) is 36.5 Å². The van der Waals surface area contributed by atoms with Crippen LogP contribution in [0.1, 0.15) is 12.1 Å². The van der Waals surface area contributed by atoms with E-state index in [0.717, 1.165) is 36.4 Å². The predicted molar refractivity (Wildman–Crippen MR) is 68.3 cm³/mol. The quantitative estimate of drug-likeness (QED) is 0.650. The predicted octanol–water partition coefficient (Wildman–Crippen LogP) is 1.62. The van der Waals surface area contributed by atoms with Gasteiger partial charge >= 0.3 is 0 Å². The molecule has 0 amide bonds. The Balaban J connectivity index is 1.63. The molecule has 2 rings (SSSR count). The molecule has 0 radical (unpaired) electrons. The molecule has 17 heavy (non-hydrogen) atoms. The molecule has 0 aliphatic carbocycles. The van der Waals surface area contributed by atoms with Crippen LogP contribution in [0.3, 0.4) is 0 Å². The summed E-state index contributed by atoms with van der Waals surface area (Å²) in [5.74, 6) is 0. The van der Waals surface area contributed by atoms with Crippen molar-refractivity contribution in [1.82, 2.24) is 25.3 Å². The normalized spacial score (nSPS) is 10.6. The highest BCUT2D eigenvalue weighted by Gasteiger charge is 1.96. The van der Waals surface area contributed by atoms with Gasteiger partial charge in [0.2, 0.25) is 0 Å². The van der Waals surface area contributed by atoms with Crippen LogP contribution < -0.4 is 5.32 Å². The van der Waals surface area contributed by atoms with Crippen molar-refractivity contribution in [3.8, 4) is 0 Å². The van der Waals surface area contributed by atoms with Crippen molar-refractivity contribution in [1.29, 1.82) is 0 Å². The molecular formula is C11H14BrN5. The van der Waals surface area contributed by atoms with Crippen LogP contribution in [0.2, 0.25) is 0 Å². The summed E-state index contributed by atoms with van der Waals surface area (Å²) in [7, 11) is 0. The fourth-order valence-corrected chi connectivity index (χ4v) is 1.86. The van der Waals surface area contributed by atoms with E-state index in [-0.39, 0.29) is 0 Å². The van der Waals surface area contributed by atoms with Crippen LogP contribution in [0.15, 0.2) is 35.2 Å². The summed E-state index contributed by atoms with van der Waals surface area (Å²) in [6.07, 6.45) is 4.59. The summed E-state index contributed by atoms with van der Waals surface area (Å²) in [5.41, 5.74) is 1.04. The SMILES string of the molecule is Brc1cccc(CNCCCn2ccnn2)n1. The van der Waals surface area contributed by atoms with Gasteiger partial charge < -0.3 is 5.32 Å². The molecule has 0 spiro atoms. The summed E-state index contributed by atoms with van der Waals surface area (Å²) in [4.78, 5) is 4.35. The smallest absolute Gasteiger partial charge is 0.106 e. The van der Waals surface area contributed by atoms with E-state index in [4.69, 9.17) is 0 Å². The molecule has 0 aromatic carbocycles.